The van der Waals surface area contributed by atoms with Crippen LogP contribution in [0.5, 0.6) is 0 Å². The third-order valence-corrected chi connectivity index (χ3v) is 4.57. The summed E-state index contributed by atoms with van der Waals surface area (Å²) in [5, 5.41) is 1.00. The second-order valence-corrected chi connectivity index (χ2v) is 5.69. The second kappa shape index (κ2) is 4.96. The number of anilines is 2. The molecule has 0 amide bonds. The Morgan fingerprint density at radius 1 is 1.26 bits per heavy atom. The Hall–Kier alpha value is -1.37. The van der Waals surface area contributed by atoms with Gasteiger partial charge in [-0.05, 0) is 18.2 Å². The van der Waals surface area contributed by atoms with Crippen LogP contribution in [0.15, 0.2) is 18.2 Å². The molecule has 2 atom stereocenters. The molecule has 1 aromatic carbocycles. The van der Waals surface area contributed by atoms with Crippen LogP contribution >= 0.6 is 11.3 Å². The summed E-state index contributed by atoms with van der Waals surface area (Å²) in [6, 6.07) is 5.81. The smallest absolute Gasteiger partial charge is 0.186 e. The zero-order valence-electron chi connectivity index (χ0n) is 11.0. The van der Waals surface area contributed by atoms with Crippen molar-refractivity contribution >= 4 is 32.4 Å². The molecule has 0 aliphatic carbocycles. The van der Waals surface area contributed by atoms with Crippen molar-refractivity contribution < 1.29 is 9.47 Å². The first kappa shape index (κ1) is 12.7. The molecule has 5 nitrogen and oxygen atoms in total. The van der Waals surface area contributed by atoms with E-state index >= 15 is 0 Å². The highest BCUT2D eigenvalue weighted by Gasteiger charge is 2.34. The summed E-state index contributed by atoms with van der Waals surface area (Å²) in [5.41, 5.74) is 7.56. The Morgan fingerprint density at radius 2 is 1.95 bits per heavy atom. The number of benzene rings is 1. The van der Waals surface area contributed by atoms with E-state index in [1.54, 1.807) is 25.6 Å². The van der Waals surface area contributed by atoms with Gasteiger partial charge in [0.25, 0.3) is 0 Å². The van der Waals surface area contributed by atoms with Gasteiger partial charge in [-0.15, -0.1) is 0 Å². The lowest BCUT2D eigenvalue weighted by atomic mass is 10.3. The number of hydrogen-bond donors (Lipinski definition) is 1. The molecular weight excluding hydrogens is 262 g/mol. The van der Waals surface area contributed by atoms with Crippen molar-refractivity contribution in [2.24, 2.45) is 0 Å². The number of fused-ring (bicyclic) bond motifs is 1. The van der Waals surface area contributed by atoms with E-state index in [4.69, 9.17) is 15.2 Å². The first-order valence-electron chi connectivity index (χ1n) is 6.18. The van der Waals surface area contributed by atoms with Crippen molar-refractivity contribution in [1.29, 1.82) is 0 Å². The Bertz CT molecular complexity index is 574. The first-order valence-corrected chi connectivity index (χ1v) is 6.99. The molecule has 2 aromatic rings. The molecule has 1 aliphatic rings. The third kappa shape index (κ3) is 2.27. The van der Waals surface area contributed by atoms with Gasteiger partial charge in [-0.3, -0.25) is 0 Å². The van der Waals surface area contributed by atoms with Gasteiger partial charge < -0.3 is 20.1 Å². The molecular formula is C13H17N3O2S. The molecule has 1 aromatic heterocycles. The van der Waals surface area contributed by atoms with Gasteiger partial charge in [-0.1, -0.05) is 11.3 Å². The number of nitrogens with two attached hydrogens (primary N) is 1. The Kier molecular flexibility index (Phi) is 3.30. The number of methoxy groups -OCH3 is 2. The minimum atomic E-state index is 0.0991. The van der Waals surface area contributed by atoms with Crippen LogP contribution in [0.1, 0.15) is 0 Å². The van der Waals surface area contributed by atoms with Crippen LogP contribution in [0.4, 0.5) is 10.8 Å². The Labute approximate surface area is 115 Å². The van der Waals surface area contributed by atoms with E-state index in [-0.39, 0.29) is 12.2 Å². The number of thiazole rings is 1. The van der Waals surface area contributed by atoms with Crippen LogP contribution in [0.2, 0.25) is 0 Å². The number of nitrogens with zero attached hydrogens (tertiary/aromatic N) is 2. The first-order chi connectivity index (χ1) is 9.21. The van der Waals surface area contributed by atoms with Crippen LogP contribution in [0.25, 0.3) is 10.2 Å². The van der Waals surface area contributed by atoms with Crippen molar-refractivity contribution in [3.05, 3.63) is 18.2 Å². The van der Waals surface area contributed by atoms with E-state index in [2.05, 4.69) is 9.88 Å². The number of hydrogen-bond acceptors (Lipinski definition) is 6. The van der Waals surface area contributed by atoms with E-state index in [1.165, 1.54) is 0 Å². The fourth-order valence-corrected chi connectivity index (χ4v) is 3.45. The molecule has 1 saturated heterocycles. The zero-order chi connectivity index (χ0) is 13.4. The van der Waals surface area contributed by atoms with Crippen molar-refractivity contribution in [3.8, 4) is 0 Å². The summed E-state index contributed by atoms with van der Waals surface area (Å²) in [4.78, 5) is 6.86. The van der Waals surface area contributed by atoms with Crippen LogP contribution in [-0.2, 0) is 9.47 Å². The van der Waals surface area contributed by atoms with E-state index in [0.717, 1.165) is 34.1 Å². The molecule has 2 N–H and O–H groups in total. The van der Waals surface area contributed by atoms with Gasteiger partial charge in [-0.25, -0.2) is 4.98 Å². The molecule has 6 heteroatoms. The molecule has 0 radical (unpaired) electrons. The summed E-state index contributed by atoms with van der Waals surface area (Å²) in [7, 11) is 3.44. The van der Waals surface area contributed by atoms with Gasteiger partial charge in [0.05, 0.1) is 10.2 Å². The van der Waals surface area contributed by atoms with Crippen molar-refractivity contribution in [1.82, 2.24) is 4.98 Å². The molecule has 102 valence electrons. The predicted octanol–water partition coefficient (Wildman–Crippen LogP) is 1.73. The molecule has 1 fully saturated rings. The van der Waals surface area contributed by atoms with Crippen molar-refractivity contribution in [3.63, 3.8) is 0 Å². The number of ether oxygens (including phenoxy) is 2. The van der Waals surface area contributed by atoms with E-state index < -0.39 is 0 Å². The van der Waals surface area contributed by atoms with Crippen LogP contribution in [0, 0.1) is 0 Å². The quantitative estimate of drug-likeness (QED) is 0.867. The lowest BCUT2D eigenvalue weighted by molar-refractivity contribution is -0.00461. The van der Waals surface area contributed by atoms with Crippen molar-refractivity contribution in [2.45, 2.75) is 12.2 Å². The lowest BCUT2D eigenvalue weighted by Gasteiger charge is -2.13. The summed E-state index contributed by atoms with van der Waals surface area (Å²) >= 11 is 1.66. The maximum atomic E-state index is 5.80. The average Bonchev–Trinajstić information content (AvgIpc) is 3.00. The van der Waals surface area contributed by atoms with Crippen molar-refractivity contribution in [2.75, 3.05) is 37.9 Å². The average molecular weight is 279 g/mol. The molecule has 19 heavy (non-hydrogen) atoms. The highest BCUT2D eigenvalue weighted by Crippen LogP contribution is 2.32. The molecule has 0 spiro atoms. The second-order valence-electron chi connectivity index (χ2n) is 4.68. The van der Waals surface area contributed by atoms with E-state index in [0.29, 0.717) is 0 Å². The summed E-state index contributed by atoms with van der Waals surface area (Å²) in [6.45, 7) is 1.62. The highest BCUT2D eigenvalue weighted by molar-refractivity contribution is 7.22. The van der Waals surface area contributed by atoms with E-state index in [9.17, 15) is 0 Å². The SMILES string of the molecule is COC1CN(c2nc3ccc(N)cc3s2)CC1OC. The molecule has 0 saturated carbocycles. The van der Waals surface area contributed by atoms with Crippen LogP contribution < -0.4 is 10.6 Å². The highest BCUT2D eigenvalue weighted by atomic mass is 32.1. The molecule has 1 aliphatic heterocycles. The zero-order valence-corrected chi connectivity index (χ0v) is 11.8. The van der Waals surface area contributed by atoms with Gasteiger partial charge in [0.1, 0.15) is 12.2 Å². The molecule has 2 unspecified atom stereocenters. The summed E-state index contributed by atoms with van der Waals surface area (Å²) < 4.78 is 12.0. The Balaban J connectivity index is 1.88. The van der Waals surface area contributed by atoms with E-state index in [1.807, 2.05) is 18.2 Å². The number of rotatable bonds is 3. The minimum absolute atomic E-state index is 0.0991. The monoisotopic (exact) mass is 279 g/mol. The fraction of sp³-hybridized carbons (Fsp3) is 0.462. The predicted molar refractivity (Wildman–Crippen MR) is 77.8 cm³/mol. The summed E-state index contributed by atoms with van der Waals surface area (Å²) in [6.07, 6.45) is 0.198. The minimum Gasteiger partial charge on any atom is -0.399 e. The third-order valence-electron chi connectivity index (χ3n) is 3.49. The summed E-state index contributed by atoms with van der Waals surface area (Å²) in [5.74, 6) is 0. The standard InChI is InChI=1S/C13H17N3O2S/c1-17-10-6-16(7-11(10)18-2)13-15-9-4-3-8(14)5-12(9)19-13/h3-5,10-11H,6-7,14H2,1-2H3. The fourth-order valence-electron chi connectivity index (χ4n) is 2.42. The van der Waals surface area contributed by atoms with Gasteiger partial charge in [0, 0.05) is 33.0 Å². The molecule has 3 rings (SSSR count). The topological polar surface area (TPSA) is 60.6 Å². The van der Waals surface area contributed by atoms with Crippen LogP contribution in [-0.4, -0.2) is 44.5 Å². The van der Waals surface area contributed by atoms with Gasteiger partial charge in [-0.2, -0.15) is 0 Å². The maximum absolute atomic E-state index is 5.80. The van der Waals surface area contributed by atoms with Gasteiger partial charge >= 0.3 is 0 Å². The van der Waals surface area contributed by atoms with Gasteiger partial charge in [0.15, 0.2) is 5.13 Å². The largest absolute Gasteiger partial charge is 0.399 e. The molecule has 0 bridgehead atoms. The Morgan fingerprint density at radius 3 is 2.58 bits per heavy atom. The van der Waals surface area contributed by atoms with Gasteiger partial charge in [0.2, 0.25) is 0 Å². The maximum Gasteiger partial charge on any atom is 0.186 e. The van der Waals surface area contributed by atoms with Crippen LogP contribution in [0.3, 0.4) is 0 Å². The number of aromatic nitrogens is 1. The lowest BCUT2D eigenvalue weighted by Crippen LogP contribution is -2.27. The normalized spacial score (nSPS) is 23.4. The molecule has 2 heterocycles. The number of nitrogen functional groups attached to an aromatic ring is 1.